The number of hydrogen-bond acceptors (Lipinski definition) is 5. The van der Waals surface area contributed by atoms with Crippen molar-refractivity contribution in [2.45, 2.75) is 32.2 Å². The molecule has 4 aromatic rings. The molecule has 0 atom stereocenters. The van der Waals surface area contributed by atoms with Gasteiger partial charge in [-0.3, -0.25) is 14.5 Å². The summed E-state index contributed by atoms with van der Waals surface area (Å²) >= 11 is 6.31. The predicted molar refractivity (Wildman–Crippen MR) is 121 cm³/mol. The van der Waals surface area contributed by atoms with Gasteiger partial charge in [-0.1, -0.05) is 35.0 Å². The SMILES string of the molecule is Cc1onc(-c2ccccc2Cl)c1C(=O)NCCn1nc(-c2ccncc2)cc1C1CC1. The van der Waals surface area contributed by atoms with Crippen LogP contribution in [0, 0.1) is 6.92 Å². The van der Waals surface area contributed by atoms with Crippen LogP contribution in [0.2, 0.25) is 5.02 Å². The fourth-order valence-corrected chi connectivity index (χ4v) is 4.05. The van der Waals surface area contributed by atoms with Crippen LogP contribution in [-0.2, 0) is 6.54 Å². The molecule has 5 rings (SSSR count). The van der Waals surface area contributed by atoms with Gasteiger partial charge in [-0.05, 0) is 44.0 Å². The lowest BCUT2D eigenvalue weighted by Crippen LogP contribution is -2.28. The Balaban J connectivity index is 1.32. The first-order valence-electron chi connectivity index (χ1n) is 10.6. The van der Waals surface area contributed by atoms with E-state index in [1.54, 1.807) is 25.4 Å². The molecule has 0 saturated heterocycles. The summed E-state index contributed by atoms with van der Waals surface area (Å²) in [7, 11) is 0. The number of aromatic nitrogens is 4. The summed E-state index contributed by atoms with van der Waals surface area (Å²) in [4.78, 5) is 17.1. The van der Waals surface area contributed by atoms with Crippen LogP contribution >= 0.6 is 11.6 Å². The zero-order chi connectivity index (χ0) is 22.1. The second-order valence-electron chi connectivity index (χ2n) is 7.89. The molecule has 1 fully saturated rings. The minimum Gasteiger partial charge on any atom is -0.360 e. The van der Waals surface area contributed by atoms with Gasteiger partial charge in [-0.15, -0.1) is 0 Å². The van der Waals surface area contributed by atoms with E-state index in [9.17, 15) is 4.79 Å². The number of hydrogen-bond donors (Lipinski definition) is 1. The van der Waals surface area contributed by atoms with E-state index in [1.165, 1.54) is 18.5 Å². The zero-order valence-corrected chi connectivity index (χ0v) is 18.3. The second-order valence-corrected chi connectivity index (χ2v) is 8.29. The first kappa shape index (κ1) is 20.5. The molecule has 162 valence electrons. The maximum atomic E-state index is 13.0. The molecule has 1 amide bonds. The van der Waals surface area contributed by atoms with Crippen molar-refractivity contribution in [1.29, 1.82) is 0 Å². The van der Waals surface area contributed by atoms with Crippen molar-refractivity contribution in [3.63, 3.8) is 0 Å². The highest BCUT2D eigenvalue weighted by Gasteiger charge is 2.28. The average Bonchev–Trinajstić information content (AvgIpc) is 3.45. The van der Waals surface area contributed by atoms with Crippen LogP contribution in [0.15, 0.2) is 59.4 Å². The van der Waals surface area contributed by atoms with Gasteiger partial charge >= 0.3 is 0 Å². The lowest BCUT2D eigenvalue weighted by Gasteiger charge is -2.09. The highest BCUT2D eigenvalue weighted by Crippen LogP contribution is 2.41. The maximum Gasteiger partial charge on any atom is 0.257 e. The molecule has 1 N–H and O–H groups in total. The fraction of sp³-hybridized carbons (Fsp3) is 0.250. The molecule has 3 heterocycles. The van der Waals surface area contributed by atoms with Crippen LogP contribution in [0.4, 0.5) is 0 Å². The number of carbonyl (C=O) groups excluding carboxylic acids is 1. The third kappa shape index (κ3) is 4.03. The van der Waals surface area contributed by atoms with E-state index in [0.717, 1.165) is 11.3 Å². The van der Waals surface area contributed by atoms with E-state index in [0.29, 0.717) is 46.6 Å². The van der Waals surface area contributed by atoms with Crippen molar-refractivity contribution in [3.8, 4) is 22.5 Å². The van der Waals surface area contributed by atoms with Gasteiger partial charge in [0, 0.05) is 41.7 Å². The van der Waals surface area contributed by atoms with E-state index in [4.69, 9.17) is 21.2 Å². The molecule has 32 heavy (non-hydrogen) atoms. The Morgan fingerprint density at radius 3 is 2.75 bits per heavy atom. The molecule has 0 spiro atoms. The summed E-state index contributed by atoms with van der Waals surface area (Å²) in [5.74, 6) is 0.754. The molecule has 8 heteroatoms. The van der Waals surface area contributed by atoms with Crippen LogP contribution in [0.3, 0.4) is 0 Å². The van der Waals surface area contributed by atoms with E-state index in [1.807, 2.05) is 35.0 Å². The number of carbonyl (C=O) groups is 1. The van der Waals surface area contributed by atoms with Crippen LogP contribution < -0.4 is 5.32 Å². The van der Waals surface area contributed by atoms with Crippen LogP contribution in [-0.4, -0.2) is 32.4 Å². The van der Waals surface area contributed by atoms with Gasteiger partial charge in [0.15, 0.2) is 0 Å². The molecule has 1 aromatic carbocycles. The lowest BCUT2D eigenvalue weighted by molar-refractivity contribution is 0.0951. The summed E-state index contributed by atoms with van der Waals surface area (Å²) in [5.41, 5.74) is 4.69. The number of benzene rings is 1. The molecule has 1 aliphatic carbocycles. The summed E-state index contributed by atoms with van der Waals surface area (Å²) < 4.78 is 7.31. The zero-order valence-electron chi connectivity index (χ0n) is 17.6. The summed E-state index contributed by atoms with van der Waals surface area (Å²) in [6, 6.07) is 13.3. The molecule has 0 bridgehead atoms. The smallest absolute Gasteiger partial charge is 0.257 e. The molecule has 7 nitrogen and oxygen atoms in total. The van der Waals surface area contributed by atoms with Crippen molar-refractivity contribution < 1.29 is 9.32 Å². The molecule has 0 aliphatic heterocycles. The minimum absolute atomic E-state index is 0.242. The molecular weight excluding hydrogens is 426 g/mol. The van der Waals surface area contributed by atoms with Crippen LogP contribution in [0.5, 0.6) is 0 Å². The number of amides is 1. The number of pyridine rings is 1. The predicted octanol–water partition coefficient (Wildman–Crippen LogP) is 4.87. The fourth-order valence-electron chi connectivity index (χ4n) is 3.82. The van der Waals surface area contributed by atoms with Gasteiger partial charge in [0.1, 0.15) is 17.0 Å². The maximum absolute atomic E-state index is 13.0. The normalized spacial score (nSPS) is 13.3. The molecule has 0 radical (unpaired) electrons. The quantitative estimate of drug-likeness (QED) is 0.436. The molecule has 1 saturated carbocycles. The first-order valence-corrected chi connectivity index (χ1v) is 11.0. The number of halogens is 1. The average molecular weight is 448 g/mol. The highest BCUT2D eigenvalue weighted by atomic mass is 35.5. The topological polar surface area (TPSA) is 85.8 Å². The molecule has 0 unspecified atom stereocenters. The summed E-state index contributed by atoms with van der Waals surface area (Å²) in [5, 5.41) is 12.4. The lowest BCUT2D eigenvalue weighted by atomic mass is 10.1. The van der Waals surface area contributed by atoms with Crippen LogP contribution in [0.1, 0.15) is 40.6 Å². The number of aryl methyl sites for hydroxylation is 1. The van der Waals surface area contributed by atoms with Crippen molar-refractivity contribution in [1.82, 2.24) is 25.2 Å². The standard InChI is InChI=1S/C24H22ClN5O2/c1-15-22(23(29-32-15)18-4-2-3-5-19(18)25)24(31)27-12-13-30-21(17-6-7-17)14-20(28-30)16-8-10-26-11-9-16/h2-5,8-11,14,17H,6-7,12-13H2,1H3,(H,27,31). The number of rotatable bonds is 7. The van der Waals surface area contributed by atoms with Gasteiger partial charge < -0.3 is 9.84 Å². The van der Waals surface area contributed by atoms with Crippen LogP contribution in [0.25, 0.3) is 22.5 Å². The Morgan fingerprint density at radius 1 is 1.22 bits per heavy atom. The Morgan fingerprint density at radius 2 is 2.00 bits per heavy atom. The second kappa shape index (κ2) is 8.59. The van der Waals surface area contributed by atoms with Gasteiger partial charge in [-0.25, -0.2) is 0 Å². The van der Waals surface area contributed by atoms with Gasteiger partial charge in [-0.2, -0.15) is 5.10 Å². The highest BCUT2D eigenvalue weighted by molar-refractivity contribution is 6.33. The van der Waals surface area contributed by atoms with E-state index < -0.39 is 0 Å². The largest absolute Gasteiger partial charge is 0.360 e. The van der Waals surface area contributed by atoms with Gasteiger partial charge in [0.2, 0.25) is 0 Å². The Labute approximate surface area is 190 Å². The molecular formula is C24H22ClN5O2. The van der Waals surface area contributed by atoms with Crippen molar-refractivity contribution in [3.05, 3.63) is 76.9 Å². The van der Waals surface area contributed by atoms with Crippen molar-refractivity contribution in [2.24, 2.45) is 0 Å². The van der Waals surface area contributed by atoms with Crippen molar-refractivity contribution >= 4 is 17.5 Å². The first-order chi connectivity index (χ1) is 15.6. The monoisotopic (exact) mass is 447 g/mol. The van der Waals surface area contributed by atoms with E-state index in [2.05, 4.69) is 21.5 Å². The molecule has 3 aromatic heterocycles. The minimum atomic E-state index is -0.242. The Kier molecular flexibility index (Phi) is 5.49. The van der Waals surface area contributed by atoms with Crippen molar-refractivity contribution in [2.75, 3.05) is 6.54 Å². The number of nitrogens with one attached hydrogen (secondary N) is 1. The Bertz CT molecular complexity index is 1260. The summed E-state index contributed by atoms with van der Waals surface area (Å²) in [6.45, 7) is 2.74. The molecule has 1 aliphatic rings. The number of nitrogens with zero attached hydrogens (tertiary/aromatic N) is 4. The third-order valence-corrected chi connectivity index (χ3v) is 5.94. The Hall–Kier alpha value is -3.45. The summed E-state index contributed by atoms with van der Waals surface area (Å²) in [6.07, 6.45) is 5.89. The van der Waals surface area contributed by atoms with E-state index >= 15 is 0 Å². The van der Waals surface area contributed by atoms with Gasteiger partial charge in [0.25, 0.3) is 5.91 Å². The van der Waals surface area contributed by atoms with E-state index in [-0.39, 0.29) is 5.91 Å². The van der Waals surface area contributed by atoms with Gasteiger partial charge in [0.05, 0.1) is 17.3 Å². The third-order valence-electron chi connectivity index (χ3n) is 5.61.